The molecule has 5 nitrogen and oxygen atoms in total. The molecule has 1 atom stereocenters. The fourth-order valence-electron chi connectivity index (χ4n) is 4.09. The third-order valence-corrected chi connectivity index (χ3v) is 5.81. The number of carbonyl (C=O) groups is 1. The molecule has 1 aliphatic heterocycles. The number of amides is 1. The van der Waals surface area contributed by atoms with E-state index in [0.29, 0.717) is 6.54 Å². The number of benzene rings is 1. The summed E-state index contributed by atoms with van der Waals surface area (Å²) in [7, 11) is 0. The Balaban J connectivity index is 1.30. The molecular weight excluding hydrogens is 336 g/mol. The number of rotatable bonds is 9. The quantitative estimate of drug-likeness (QED) is 0.583. The number of hydrogen-bond acceptors (Lipinski definition) is 4. The smallest absolute Gasteiger partial charge is 0.239 e. The van der Waals surface area contributed by atoms with Gasteiger partial charge in [0.1, 0.15) is 0 Å². The Morgan fingerprint density at radius 3 is 2.59 bits per heavy atom. The molecule has 1 saturated carbocycles. The van der Waals surface area contributed by atoms with Gasteiger partial charge in [-0.2, -0.15) is 0 Å². The van der Waals surface area contributed by atoms with E-state index in [2.05, 4.69) is 40.2 Å². The normalized spacial score (nSPS) is 21.6. The van der Waals surface area contributed by atoms with E-state index in [4.69, 9.17) is 0 Å². The van der Waals surface area contributed by atoms with Crippen LogP contribution >= 0.6 is 0 Å². The van der Waals surface area contributed by atoms with Gasteiger partial charge in [0.2, 0.25) is 5.91 Å². The molecule has 0 aromatic heterocycles. The molecular formula is C22H36N4O. The largest absolute Gasteiger partial charge is 0.336 e. The lowest BCUT2D eigenvalue weighted by Gasteiger charge is -2.31. The van der Waals surface area contributed by atoms with Gasteiger partial charge in [-0.15, -0.1) is 0 Å². The Labute approximate surface area is 164 Å². The first-order chi connectivity index (χ1) is 13.2. The van der Waals surface area contributed by atoms with Crippen molar-refractivity contribution in [2.75, 3.05) is 26.2 Å². The highest BCUT2D eigenvalue weighted by atomic mass is 16.2. The monoisotopic (exact) mass is 372 g/mol. The highest BCUT2D eigenvalue weighted by Crippen LogP contribution is 2.17. The molecule has 3 rings (SSSR count). The molecule has 2 aliphatic rings. The van der Waals surface area contributed by atoms with Gasteiger partial charge in [0, 0.05) is 32.2 Å². The van der Waals surface area contributed by atoms with Gasteiger partial charge in [-0.1, -0.05) is 43.5 Å². The van der Waals surface area contributed by atoms with Crippen molar-refractivity contribution >= 4 is 5.91 Å². The van der Waals surface area contributed by atoms with E-state index in [0.717, 1.165) is 38.8 Å². The van der Waals surface area contributed by atoms with Crippen molar-refractivity contribution in [3.05, 3.63) is 35.4 Å². The predicted octanol–water partition coefficient (Wildman–Crippen LogP) is 2.41. The van der Waals surface area contributed by atoms with Gasteiger partial charge in [-0.25, -0.2) is 0 Å². The summed E-state index contributed by atoms with van der Waals surface area (Å²) in [6.45, 7) is 7.40. The molecule has 0 unspecified atom stereocenters. The summed E-state index contributed by atoms with van der Waals surface area (Å²) in [5.74, 6) is 0.203. The van der Waals surface area contributed by atoms with Gasteiger partial charge >= 0.3 is 0 Å². The number of piperazine rings is 1. The summed E-state index contributed by atoms with van der Waals surface area (Å²) < 4.78 is 0. The summed E-state index contributed by atoms with van der Waals surface area (Å²) in [5, 5.41) is 10.4. The minimum absolute atomic E-state index is 0.0603. The van der Waals surface area contributed by atoms with Crippen LogP contribution in [0.1, 0.15) is 56.6 Å². The average molecular weight is 373 g/mol. The summed E-state index contributed by atoms with van der Waals surface area (Å²) in [6, 6.07) is 9.37. The first kappa shape index (κ1) is 20.3. The molecule has 2 fully saturated rings. The summed E-state index contributed by atoms with van der Waals surface area (Å²) in [5.41, 5.74) is 2.51. The predicted molar refractivity (Wildman–Crippen MR) is 111 cm³/mol. The lowest BCUT2D eigenvalue weighted by Crippen LogP contribution is -2.53. The molecule has 1 heterocycles. The van der Waals surface area contributed by atoms with Gasteiger partial charge in [-0.3, -0.25) is 4.79 Å². The average Bonchev–Trinajstić information content (AvgIpc) is 2.70. The van der Waals surface area contributed by atoms with Crippen LogP contribution in [0, 0.1) is 0 Å². The Hall–Kier alpha value is -1.43. The zero-order valence-electron chi connectivity index (χ0n) is 16.8. The third kappa shape index (κ3) is 6.59. The van der Waals surface area contributed by atoms with Crippen LogP contribution in [0.4, 0.5) is 0 Å². The highest BCUT2D eigenvalue weighted by Gasteiger charge is 2.24. The maximum atomic E-state index is 12.2. The Bertz CT molecular complexity index is 568. The van der Waals surface area contributed by atoms with Crippen molar-refractivity contribution in [1.29, 1.82) is 0 Å². The number of nitrogens with one attached hydrogen (secondary N) is 3. The molecule has 3 N–H and O–H groups in total. The van der Waals surface area contributed by atoms with Crippen LogP contribution in [0.3, 0.4) is 0 Å². The van der Waals surface area contributed by atoms with E-state index in [9.17, 15) is 4.79 Å². The molecule has 27 heavy (non-hydrogen) atoms. The summed E-state index contributed by atoms with van der Waals surface area (Å²) in [6.07, 6.45) is 8.11. The van der Waals surface area contributed by atoms with Crippen LogP contribution in [-0.4, -0.2) is 49.1 Å². The molecule has 0 spiro atoms. The molecule has 1 aromatic rings. The topological polar surface area (TPSA) is 56.4 Å². The number of hydrogen-bond donors (Lipinski definition) is 3. The van der Waals surface area contributed by atoms with Gasteiger partial charge in [0.15, 0.2) is 0 Å². The Kier molecular flexibility index (Phi) is 8.11. The second-order valence-electron chi connectivity index (χ2n) is 8.07. The van der Waals surface area contributed by atoms with Gasteiger partial charge in [0.05, 0.1) is 6.04 Å². The molecule has 1 aromatic carbocycles. The standard InChI is InChI=1S/C22H36N4O/c1-18-22(27)26(15-14-24-18)17-20-10-8-19(9-11-20)16-23-12-5-13-25-21-6-3-2-4-7-21/h8-11,18,21,23-25H,2-7,12-17H2,1H3/t18-/m0/s1. The van der Waals surface area contributed by atoms with E-state index in [1.54, 1.807) is 0 Å². The molecule has 1 amide bonds. The van der Waals surface area contributed by atoms with E-state index in [1.807, 2.05) is 11.8 Å². The molecule has 0 radical (unpaired) electrons. The van der Waals surface area contributed by atoms with Crippen molar-refractivity contribution in [2.24, 2.45) is 0 Å². The zero-order valence-corrected chi connectivity index (χ0v) is 16.8. The Morgan fingerprint density at radius 1 is 1.07 bits per heavy atom. The molecule has 5 heteroatoms. The fraction of sp³-hybridized carbons (Fsp3) is 0.682. The second kappa shape index (κ2) is 10.8. The molecule has 1 saturated heterocycles. The minimum atomic E-state index is -0.0603. The Morgan fingerprint density at radius 2 is 1.81 bits per heavy atom. The van der Waals surface area contributed by atoms with Gasteiger partial charge in [-0.05, 0) is 50.4 Å². The maximum absolute atomic E-state index is 12.2. The van der Waals surface area contributed by atoms with Crippen LogP contribution in [0.5, 0.6) is 0 Å². The summed E-state index contributed by atoms with van der Waals surface area (Å²) in [4.78, 5) is 14.1. The second-order valence-corrected chi connectivity index (χ2v) is 8.07. The lowest BCUT2D eigenvalue weighted by molar-refractivity contribution is -0.135. The van der Waals surface area contributed by atoms with E-state index in [1.165, 1.54) is 49.7 Å². The van der Waals surface area contributed by atoms with Crippen LogP contribution in [0.15, 0.2) is 24.3 Å². The van der Waals surface area contributed by atoms with Crippen molar-refractivity contribution in [3.8, 4) is 0 Å². The third-order valence-electron chi connectivity index (χ3n) is 5.81. The fourth-order valence-corrected chi connectivity index (χ4v) is 4.09. The first-order valence-electron chi connectivity index (χ1n) is 10.8. The van der Waals surface area contributed by atoms with Gasteiger partial charge in [0.25, 0.3) is 0 Å². The zero-order chi connectivity index (χ0) is 18.9. The van der Waals surface area contributed by atoms with E-state index >= 15 is 0 Å². The van der Waals surface area contributed by atoms with Crippen molar-refractivity contribution < 1.29 is 4.79 Å². The lowest BCUT2D eigenvalue weighted by atomic mass is 9.95. The van der Waals surface area contributed by atoms with Gasteiger partial charge < -0.3 is 20.9 Å². The van der Waals surface area contributed by atoms with Crippen LogP contribution in [0.2, 0.25) is 0 Å². The maximum Gasteiger partial charge on any atom is 0.239 e. The highest BCUT2D eigenvalue weighted by molar-refractivity contribution is 5.82. The minimum Gasteiger partial charge on any atom is -0.336 e. The van der Waals surface area contributed by atoms with Crippen LogP contribution < -0.4 is 16.0 Å². The van der Waals surface area contributed by atoms with E-state index < -0.39 is 0 Å². The molecule has 0 bridgehead atoms. The van der Waals surface area contributed by atoms with Crippen molar-refractivity contribution in [1.82, 2.24) is 20.9 Å². The van der Waals surface area contributed by atoms with Crippen molar-refractivity contribution in [2.45, 2.75) is 70.6 Å². The van der Waals surface area contributed by atoms with E-state index in [-0.39, 0.29) is 11.9 Å². The SMILES string of the molecule is C[C@@H]1NCCN(Cc2ccc(CNCCCNC3CCCCC3)cc2)C1=O. The number of carbonyl (C=O) groups excluding carboxylic acids is 1. The van der Waals surface area contributed by atoms with Crippen molar-refractivity contribution in [3.63, 3.8) is 0 Å². The molecule has 1 aliphatic carbocycles. The summed E-state index contributed by atoms with van der Waals surface area (Å²) >= 11 is 0. The molecule has 150 valence electrons. The number of nitrogens with zero attached hydrogens (tertiary/aromatic N) is 1. The first-order valence-corrected chi connectivity index (χ1v) is 10.8. The van der Waals surface area contributed by atoms with Crippen LogP contribution in [-0.2, 0) is 17.9 Å². The van der Waals surface area contributed by atoms with Crippen LogP contribution in [0.25, 0.3) is 0 Å².